The van der Waals surface area contributed by atoms with Gasteiger partial charge in [-0.1, -0.05) is 0 Å². The molecule has 0 aliphatic rings. The molecule has 0 atom stereocenters. The Kier molecular flexibility index (Phi) is 4.36. The van der Waals surface area contributed by atoms with Crippen LogP contribution < -0.4 is 15.9 Å². The topological polar surface area (TPSA) is 38.9 Å². The Morgan fingerprint density at radius 2 is 1.12 bits per heavy atom. The van der Waals surface area contributed by atoms with E-state index in [1.807, 2.05) is 54.6 Å². The molecule has 0 unspecified atom stereocenters. The van der Waals surface area contributed by atoms with E-state index in [1.54, 1.807) is 0 Å². The second-order valence-electron chi connectivity index (χ2n) is 6.20. The summed E-state index contributed by atoms with van der Waals surface area (Å²) in [6, 6.07) is 30.8. The van der Waals surface area contributed by atoms with Gasteiger partial charge in [-0.3, -0.25) is 0 Å². The summed E-state index contributed by atoms with van der Waals surface area (Å²) in [4.78, 5) is 4.29. The number of halogens is 1. The SMILES string of the molecule is ClP(Cc1ncon1)(c1ccccc1)(c1ccccc1)c1ccccc1. The van der Waals surface area contributed by atoms with Crippen molar-refractivity contribution in [2.75, 3.05) is 0 Å². The molecule has 5 heteroatoms. The number of nitrogens with zero attached hydrogens (tertiary/aromatic N) is 2. The third-order valence-electron chi connectivity index (χ3n) is 4.73. The van der Waals surface area contributed by atoms with Gasteiger partial charge in [-0.2, -0.15) is 0 Å². The van der Waals surface area contributed by atoms with E-state index in [4.69, 9.17) is 15.8 Å². The van der Waals surface area contributed by atoms with Crippen LogP contribution in [0, 0.1) is 0 Å². The zero-order valence-corrected chi connectivity index (χ0v) is 15.7. The number of rotatable bonds is 5. The van der Waals surface area contributed by atoms with E-state index in [-0.39, 0.29) is 0 Å². The Hall–Kier alpha value is -2.48. The molecule has 3 nitrogen and oxygen atoms in total. The van der Waals surface area contributed by atoms with Crippen LogP contribution in [0.4, 0.5) is 0 Å². The number of aromatic nitrogens is 2. The van der Waals surface area contributed by atoms with Crippen LogP contribution in [0.3, 0.4) is 0 Å². The maximum atomic E-state index is 7.87. The normalized spacial score (nSPS) is 13.0. The molecule has 4 aromatic rings. The fourth-order valence-corrected chi connectivity index (χ4v) is 9.29. The second-order valence-corrected chi connectivity index (χ2v) is 12.7. The maximum absolute atomic E-state index is 7.87. The molecule has 26 heavy (non-hydrogen) atoms. The summed E-state index contributed by atoms with van der Waals surface area (Å²) in [5, 5.41) is 7.34. The third kappa shape index (κ3) is 2.65. The molecule has 0 aliphatic carbocycles. The van der Waals surface area contributed by atoms with Gasteiger partial charge in [0.15, 0.2) is 0 Å². The number of hydrogen-bond acceptors (Lipinski definition) is 3. The molecule has 3 aromatic carbocycles. The van der Waals surface area contributed by atoms with Crippen LogP contribution >= 0.6 is 17.2 Å². The van der Waals surface area contributed by atoms with Crippen LogP contribution in [0.1, 0.15) is 5.82 Å². The Labute approximate surface area is 157 Å². The fraction of sp³-hybridized carbons (Fsp3) is 0.0476. The Bertz CT molecular complexity index is 877. The first kappa shape index (κ1) is 17.0. The van der Waals surface area contributed by atoms with E-state index in [2.05, 4.69) is 46.5 Å². The Morgan fingerprint density at radius 1 is 0.692 bits per heavy atom. The van der Waals surface area contributed by atoms with Gasteiger partial charge in [0.05, 0.1) is 0 Å². The van der Waals surface area contributed by atoms with E-state index in [0.717, 1.165) is 15.9 Å². The van der Waals surface area contributed by atoms with Gasteiger partial charge in [0.2, 0.25) is 0 Å². The number of benzene rings is 3. The van der Waals surface area contributed by atoms with E-state index < -0.39 is 5.96 Å². The van der Waals surface area contributed by atoms with Crippen molar-refractivity contribution in [3.63, 3.8) is 0 Å². The van der Waals surface area contributed by atoms with Crippen molar-refractivity contribution in [1.29, 1.82) is 0 Å². The van der Waals surface area contributed by atoms with Gasteiger partial charge in [0.1, 0.15) is 0 Å². The molecule has 0 saturated heterocycles. The van der Waals surface area contributed by atoms with Gasteiger partial charge in [0.25, 0.3) is 0 Å². The fourth-order valence-electron chi connectivity index (χ4n) is 3.47. The van der Waals surface area contributed by atoms with Crippen molar-refractivity contribution in [2.45, 2.75) is 6.16 Å². The van der Waals surface area contributed by atoms with E-state index >= 15 is 0 Å². The van der Waals surface area contributed by atoms with E-state index in [9.17, 15) is 0 Å². The Balaban J connectivity index is 2.10. The zero-order valence-electron chi connectivity index (χ0n) is 14.1. The van der Waals surface area contributed by atoms with Crippen LogP contribution in [0.5, 0.6) is 0 Å². The van der Waals surface area contributed by atoms with Crippen molar-refractivity contribution in [2.24, 2.45) is 0 Å². The molecular weight excluding hydrogens is 363 g/mol. The molecule has 1 heterocycles. The molecule has 0 spiro atoms. The monoisotopic (exact) mass is 380 g/mol. The predicted molar refractivity (Wildman–Crippen MR) is 109 cm³/mol. The van der Waals surface area contributed by atoms with Crippen LogP contribution in [-0.4, -0.2) is 10.1 Å². The minimum atomic E-state index is -3.35. The van der Waals surface area contributed by atoms with Crippen LogP contribution in [0.2, 0.25) is 0 Å². The van der Waals surface area contributed by atoms with Crippen LogP contribution in [-0.2, 0) is 6.16 Å². The molecule has 4 rings (SSSR count). The van der Waals surface area contributed by atoms with Crippen molar-refractivity contribution < 1.29 is 4.52 Å². The van der Waals surface area contributed by atoms with Crippen LogP contribution in [0.15, 0.2) is 102 Å². The Morgan fingerprint density at radius 3 is 1.46 bits per heavy atom. The first-order valence-electron chi connectivity index (χ1n) is 8.37. The van der Waals surface area contributed by atoms with Crippen molar-refractivity contribution in [1.82, 2.24) is 10.1 Å². The quantitative estimate of drug-likeness (QED) is 0.486. The first-order chi connectivity index (χ1) is 12.7. The summed E-state index contributed by atoms with van der Waals surface area (Å²) in [6.45, 7) is 0. The van der Waals surface area contributed by atoms with Crippen LogP contribution in [0.25, 0.3) is 0 Å². The van der Waals surface area contributed by atoms with Crippen molar-refractivity contribution >= 4 is 33.1 Å². The molecule has 0 amide bonds. The summed E-state index contributed by atoms with van der Waals surface area (Å²) in [5.41, 5.74) is 0. The first-order valence-corrected chi connectivity index (χ1v) is 11.7. The molecule has 1 aromatic heterocycles. The standard InChI is InChI=1S/C21H18ClN2OP/c22-26(16-21-23-17-25-24-21,18-10-4-1-5-11-18,19-12-6-2-7-13-19)20-14-8-3-9-15-20/h1-15,17H,16H2. The van der Waals surface area contributed by atoms with Gasteiger partial charge in [-0.15, -0.1) is 0 Å². The van der Waals surface area contributed by atoms with Gasteiger partial charge in [-0.05, 0) is 0 Å². The zero-order chi connectivity index (χ0) is 17.9. The van der Waals surface area contributed by atoms with Crippen molar-refractivity contribution in [3.05, 3.63) is 103 Å². The summed E-state index contributed by atoms with van der Waals surface area (Å²) >= 11 is 7.87. The average Bonchev–Trinajstić information content (AvgIpc) is 3.23. The molecule has 130 valence electrons. The summed E-state index contributed by atoms with van der Waals surface area (Å²) < 4.78 is 5.01. The third-order valence-corrected chi connectivity index (χ3v) is 11.8. The average molecular weight is 381 g/mol. The molecule has 0 radical (unpaired) electrons. The van der Waals surface area contributed by atoms with E-state index in [1.165, 1.54) is 6.39 Å². The van der Waals surface area contributed by atoms with Gasteiger partial charge in [-0.25, -0.2) is 0 Å². The second kappa shape index (κ2) is 6.68. The molecule has 0 bridgehead atoms. The molecule has 0 aliphatic heterocycles. The molecular formula is C21H18ClN2OP. The minimum absolute atomic E-state index is 0.488. The van der Waals surface area contributed by atoms with Gasteiger partial charge in [0, 0.05) is 0 Å². The molecule has 0 saturated carbocycles. The number of hydrogen-bond donors (Lipinski definition) is 0. The summed E-state index contributed by atoms with van der Waals surface area (Å²) in [7, 11) is 0. The predicted octanol–water partition coefficient (Wildman–Crippen LogP) is 4.25. The molecule has 0 fully saturated rings. The summed E-state index contributed by atoms with van der Waals surface area (Å²) in [5.74, 6) is -2.75. The van der Waals surface area contributed by atoms with Gasteiger partial charge < -0.3 is 0 Å². The van der Waals surface area contributed by atoms with E-state index in [0.29, 0.717) is 12.0 Å². The summed E-state index contributed by atoms with van der Waals surface area (Å²) in [6.07, 6.45) is 1.84. The molecule has 0 N–H and O–H groups in total. The van der Waals surface area contributed by atoms with Crippen molar-refractivity contribution in [3.8, 4) is 0 Å². The van der Waals surface area contributed by atoms with Gasteiger partial charge >= 0.3 is 157 Å².